The number of primary amides is 1. The number of hydrogen-bond donors (Lipinski definition) is 3. The number of benzene rings is 1. The van der Waals surface area contributed by atoms with Gasteiger partial charge in [0.2, 0.25) is 5.91 Å². The average molecular weight is 221 g/mol. The van der Waals surface area contributed by atoms with E-state index in [1.807, 2.05) is 6.92 Å². The first-order valence-corrected chi connectivity index (χ1v) is 5.08. The lowest BCUT2D eigenvalue weighted by Crippen LogP contribution is -2.29. The summed E-state index contributed by atoms with van der Waals surface area (Å²) in [5.74, 6) is -0.516. The monoisotopic (exact) mass is 221 g/mol. The largest absolute Gasteiger partial charge is 0.366 e. The number of nitrogens with two attached hydrogens (primary N) is 1. The van der Waals surface area contributed by atoms with E-state index in [4.69, 9.17) is 5.73 Å². The molecule has 0 aliphatic rings. The minimum atomic E-state index is -0.516. The zero-order chi connectivity index (χ0) is 12.0. The van der Waals surface area contributed by atoms with Gasteiger partial charge >= 0.3 is 6.03 Å². The van der Waals surface area contributed by atoms with Crippen LogP contribution in [0.1, 0.15) is 23.7 Å². The highest BCUT2D eigenvalue weighted by Crippen LogP contribution is 2.09. The Morgan fingerprint density at radius 1 is 1.38 bits per heavy atom. The molecule has 0 aliphatic heterocycles. The van der Waals surface area contributed by atoms with Crippen LogP contribution in [0.3, 0.4) is 0 Å². The molecule has 0 unspecified atom stereocenters. The molecule has 0 saturated heterocycles. The van der Waals surface area contributed by atoms with Crippen molar-refractivity contribution < 1.29 is 9.59 Å². The van der Waals surface area contributed by atoms with Crippen LogP contribution in [0.25, 0.3) is 0 Å². The molecule has 16 heavy (non-hydrogen) atoms. The van der Waals surface area contributed by atoms with Crippen molar-refractivity contribution in [3.63, 3.8) is 0 Å². The SMILES string of the molecule is CCCNC(=O)Nc1cccc(C(N)=O)c1. The summed E-state index contributed by atoms with van der Waals surface area (Å²) in [4.78, 5) is 22.2. The van der Waals surface area contributed by atoms with Crippen molar-refractivity contribution in [3.8, 4) is 0 Å². The highest BCUT2D eigenvalue weighted by atomic mass is 16.2. The van der Waals surface area contributed by atoms with Crippen LogP contribution in [0.4, 0.5) is 10.5 Å². The van der Waals surface area contributed by atoms with Crippen LogP contribution in [0, 0.1) is 0 Å². The number of rotatable bonds is 4. The van der Waals surface area contributed by atoms with E-state index in [1.165, 1.54) is 6.07 Å². The molecule has 3 amide bonds. The van der Waals surface area contributed by atoms with Gasteiger partial charge in [0.15, 0.2) is 0 Å². The summed E-state index contributed by atoms with van der Waals surface area (Å²) in [6, 6.07) is 6.20. The van der Waals surface area contributed by atoms with Crippen LogP contribution in [0.5, 0.6) is 0 Å². The Bertz CT molecular complexity index is 391. The molecule has 0 aromatic heterocycles. The Labute approximate surface area is 94.0 Å². The fourth-order valence-electron chi connectivity index (χ4n) is 1.16. The zero-order valence-electron chi connectivity index (χ0n) is 9.12. The maximum atomic E-state index is 11.3. The van der Waals surface area contributed by atoms with Gasteiger partial charge in [-0.25, -0.2) is 4.79 Å². The molecule has 0 spiro atoms. The van der Waals surface area contributed by atoms with Crippen molar-refractivity contribution in [2.75, 3.05) is 11.9 Å². The molecule has 0 radical (unpaired) electrons. The number of urea groups is 1. The predicted molar refractivity (Wildman–Crippen MR) is 62.3 cm³/mol. The van der Waals surface area contributed by atoms with Crippen LogP contribution in [0.2, 0.25) is 0 Å². The van der Waals surface area contributed by atoms with Gasteiger partial charge < -0.3 is 16.4 Å². The lowest BCUT2D eigenvalue weighted by molar-refractivity contribution is 0.100. The number of anilines is 1. The van der Waals surface area contributed by atoms with Crippen LogP contribution in [-0.2, 0) is 0 Å². The van der Waals surface area contributed by atoms with Crippen molar-refractivity contribution in [3.05, 3.63) is 29.8 Å². The van der Waals surface area contributed by atoms with Gasteiger partial charge in [-0.05, 0) is 24.6 Å². The first-order valence-electron chi connectivity index (χ1n) is 5.08. The summed E-state index contributed by atoms with van der Waals surface area (Å²) in [6.07, 6.45) is 0.870. The van der Waals surface area contributed by atoms with E-state index < -0.39 is 5.91 Å². The second-order valence-electron chi connectivity index (χ2n) is 3.33. The summed E-state index contributed by atoms with van der Waals surface area (Å²) >= 11 is 0. The van der Waals surface area contributed by atoms with E-state index in [1.54, 1.807) is 18.2 Å². The van der Waals surface area contributed by atoms with Crippen molar-refractivity contribution in [1.82, 2.24) is 5.32 Å². The minimum absolute atomic E-state index is 0.288. The Hall–Kier alpha value is -2.04. The zero-order valence-corrected chi connectivity index (χ0v) is 9.12. The first kappa shape index (κ1) is 12.0. The lowest BCUT2D eigenvalue weighted by Gasteiger charge is -2.07. The van der Waals surface area contributed by atoms with E-state index in [2.05, 4.69) is 10.6 Å². The number of carbonyl (C=O) groups is 2. The first-order chi connectivity index (χ1) is 7.63. The predicted octanol–water partition coefficient (Wildman–Crippen LogP) is 1.32. The van der Waals surface area contributed by atoms with Gasteiger partial charge in [-0.15, -0.1) is 0 Å². The molecule has 0 aliphatic carbocycles. The minimum Gasteiger partial charge on any atom is -0.366 e. The maximum absolute atomic E-state index is 11.3. The van der Waals surface area contributed by atoms with Crippen LogP contribution < -0.4 is 16.4 Å². The van der Waals surface area contributed by atoms with E-state index in [9.17, 15) is 9.59 Å². The lowest BCUT2D eigenvalue weighted by atomic mass is 10.2. The van der Waals surface area contributed by atoms with Crippen molar-refractivity contribution in [2.45, 2.75) is 13.3 Å². The summed E-state index contributed by atoms with van der Waals surface area (Å²) in [5.41, 5.74) is 6.04. The molecule has 1 aromatic carbocycles. The van der Waals surface area contributed by atoms with Crippen LogP contribution in [-0.4, -0.2) is 18.5 Å². The summed E-state index contributed by atoms with van der Waals surface area (Å²) in [5, 5.41) is 5.28. The van der Waals surface area contributed by atoms with Crippen molar-refractivity contribution in [1.29, 1.82) is 0 Å². The molecule has 0 saturated carbocycles. The van der Waals surface area contributed by atoms with Crippen molar-refractivity contribution in [2.24, 2.45) is 5.73 Å². The van der Waals surface area contributed by atoms with Crippen LogP contribution in [0.15, 0.2) is 24.3 Å². The molecular formula is C11H15N3O2. The molecule has 0 bridgehead atoms. The Morgan fingerprint density at radius 2 is 2.12 bits per heavy atom. The fourth-order valence-corrected chi connectivity index (χ4v) is 1.16. The molecule has 1 rings (SSSR count). The molecule has 5 nitrogen and oxygen atoms in total. The van der Waals surface area contributed by atoms with Gasteiger partial charge in [0.25, 0.3) is 0 Å². The van der Waals surface area contributed by atoms with Gasteiger partial charge in [0.05, 0.1) is 0 Å². The number of hydrogen-bond acceptors (Lipinski definition) is 2. The van der Waals surface area contributed by atoms with E-state index >= 15 is 0 Å². The average Bonchev–Trinajstić information content (AvgIpc) is 2.26. The standard InChI is InChI=1S/C11H15N3O2/c1-2-6-13-11(16)14-9-5-3-4-8(7-9)10(12)15/h3-5,7H,2,6H2,1H3,(H2,12,15)(H2,13,14,16). The quantitative estimate of drug-likeness (QED) is 0.716. The van der Waals surface area contributed by atoms with Crippen LogP contribution >= 0.6 is 0 Å². The van der Waals surface area contributed by atoms with Gasteiger partial charge in [-0.1, -0.05) is 13.0 Å². The molecule has 4 N–H and O–H groups in total. The number of nitrogens with one attached hydrogen (secondary N) is 2. The van der Waals surface area contributed by atoms with E-state index in [0.717, 1.165) is 6.42 Å². The Balaban J connectivity index is 2.63. The topological polar surface area (TPSA) is 84.2 Å². The highest BCUT2D eigenvalue weighted by Gasteiger charge is 2.03. The Morgan fingerprint density at radius 3 is 2.75 bits per heavy atom. The van der Waals surface area contributed by atoms with E-state index in [0.29, 0.717) is 17.8 Å². The third-order valence-electron chi connectivity index (χ3n) is 1.94. The maximum Gasteiger partial charge on any atom is 0.319 e. The third-order valence-corrected chi connectivity index (χ3v) is 1.94. The van der Waals surface area contributed by atoms with Gasteiger partial charge in [0.1, 0.15) is 0 Å². The molecule has 0 fully saturated rings. The molecular weight excluding hydrogens is 206 g/mol. The van der Waals surface area contributed by atoms with Gasteiger partial charge in [-0.3, -0.25) is 4.79 Å². The highest BCUT2D eigenvalue weighted by molar-refractivity contribution is 5.95. The third kappa shape index (κ3) is 3.61. The normalized spacial score (nSPS) is 9.56. The van der Waals surface area contributed by atoms with Gasteiger partial charge in [0, 0.05) is 17.8 Å². The molecule has 1 aromatic rings. The van der Waals surface area contributed by atoms with E-state index in [-0.39, 0.29) is 6.03 Å². The number of amides is 3. The van der Waals surface area contributed by atoms with Crippen molar-refractivity contribution >= 4 is 17.6 Å². The van der Waals surface area contributed by atoms with Gasteiger partial charge in [-0.2, -0.15) is 0 Å². The Kier molecular flexibility index (Phi) is 4.32. The molecule has 0 heterocycles. The smallest absolute Gasteiger partial charge is 0.319 e. The number of carbonyl (C=O) groups excluding carboxylic acids is 2. The fraction of sp³-hybridized carbons (Fsp3) is 0.273. The molecule has 86 valence electrons. The summed E-state index contributed by atoms with van der Waals surface area (Å²) in [7, 11) is 0. The second kappa shape index (κ2) is 5.75. The second-order valence-corrected chi connectivity index (χ2v) is 3.33. The summed E-state index contributed by atoms with van der Waals surface area (Å²) < 4.78 is 0. The summed E-state index contributed by atoms with van der Waals surface area (Å²) in [6.45, 7) is 2.58. The molecule has 0 atom stereocenters. The molecule has 5 heteroatoms.